The average molecular weight is 338 g/mol. The largest absolute Gasteiger partial charge is 0.497 e. The zero-order chi connectivity index (χ0) is 15.2. The van der Waals surface area contributed by atoms with Crippen molar-refractivity contribution in [1.29, 1.82) is 0 Å². The Labute approximate surface area is 133 Å². The zero-order valence-corrected chi connectivity index (χ0v) is 13.1. The third-order valence-corrected chi connectivity index (χ3v) is 3.08. The number of rotatable bonds is 6. The molecular formula is C13H15Cl3N2O2. The van der Waals surface area contributed by atoms with Crippen LogP contribution in [0.2, 0.25) is 0 Å². The number of hydrogen-bond donors (Lipinski definition) is 2. The Hall–Kier alpha value is -0.940. The Morgan fingerprint density at radius 3 is 2.45 bits per heavy atom. The molecule has 2 N–H and O–H groups in total. The van der Waals surface area contributed by atoms with Gasteiger partial charge in [-0.25, -0.2) is 0 Å². The molecule has 0 aliphatic rings. The highest BCUT2D eigenvalue weighted by atomic mass is 35.6. The molecule has 110 valence electrons. The fourth-order valence-corrected chi connectivity index (χ4v) is 1.80. The first-order valence-electron chi connectivity index (χ1n) is 5.74. The first-order valence-corrected chi connectivity index (χ1v) is 6.87. The van der Waals surface area contributed by atoms with Crippen molar-refractivity contribution in [2.45, 2.75) is 9.96 Å². The minimum Gasteiger partial charge on any atom is -0.497 e. The fraction of sp³-hybridized carbons (Fsp3) is 0.308. The highest BCUT2D eigenvalue weighted by molar-refractivity contribution is 6.68. The predicted octanol–water partition coefficient (Wildman–Crippen LogP) is 2.90. The van der Waals surface area contributed by atoms with Gasteiger partial charge in [0.2, 0.25) is 3.79 Å². The van der Waals surface area contributed by atoms with Crippen LogP contribution in [0.15, 0.2) is 36.9 Å². The molecule has 0 aliphatic heterocycles. The van der Waals surface area contributed by atoms with E-state index in [0.29, 0.717) is 17.9 Å². The first-order chi connectivity index (χ1) is 9.38. The van der Waals surface area contributed by atoms with Gasteiger partial charge >= 0.3 is 0 Å². The quantitative estimate of drug-likeness (QED) is 0.477. The van der Waals surface area contributed by atoms with Crippen LogP contribution in [0.25, 0.3) is 0 Å². The van der Waals surface area contributed by atoms with Crippen LogP contribution in [0, 0.1) is 0 Å². The molecule has 1 unspecified atom stereocenters. The molecule has 0 heterocycles. The van der Waals surface area contributed by atoms with Gasteiger partial charge in [0, 0.05) is 12.1 Å². The van der Waals surface area contributed by atoms with Gasteiger partial charge in [0.1, 0.15) is 11.9 Å². The molecule has 0 aromatic heterocycles. The van der Waals surface area contributed by atoms with Crippen molar-refractivity contribution in [3.05, 3.63) is 42.5 Å². The third kappa shape index (κ3) is 5.21. The number of hydrogen-bond acceptors (Lipinski definition) is 3. The number of alkyl halides is 3. The smallest absolute Gasteiger partial charge is 0.252 e. The molecule has 0 saturated carbocycles. The van der Waals surface area contributed by atoms with Crippen LogP contribution in [-0.4, -0.2) is 29.5 Å². The number of carbonyl (C=O) groups excluding carboxylic acids is 1. The molecule has 0 spiro atoms. The van der Waals surface area contributed by atoms with E-state index in [0.717, 1.165) is 0 Å². The molecule has 1 atom stereocenters. The van der Waals surface area contributed by atoms with Gasteiger partial charge in [-0.15, -0.1) is 6.58 Å². The Bertz CT molecular complexity index is 458. The van der Waals surface area contributed by atoms with Crippen molar-refractivity contribution >= 4 is 40.7 Å². The van der Waals surface area contributed by atoms with Crippen LogP contribution in [0.5, 0.6) is 5.75 Å². The van der Waals surface area contributed by atoms with E-state index in [2.05, 4.69) is 17.2 Å². The van der Waals surface area contributed by atoms with Crippen LogP contribution < -0.4 is 15.4 Å². The second kappa shape index (κ2) is 7.74. The van der Waals surface area contributed by atoms with Crippen molar-refractivity contribution in [3.8, 4) is 5.75 Å². The predicted molar refractivity (Wildman–Crippen MR) is 82.7 cm³/mol. The second-order valence-corrected chi connectivity index (χ2v) is 6.24. The van der Waals surface area contributed by atoms with E-state index >= 15 is 0 Å². The SMILES string of the molecule is C=CCNC(NC(=O)c1ccc(OC)cc1)C(Cl)(Cl)Cl. The van der Waals surface area contributed by atoms with Crippen molar-refractivity contribution in [3.63, 3.8) is 0 Å². The Kier molecular flexibility index (Phi) is 6.62. The molecule has 0 bridgehead atoms. The van der Waals surface area contributed by atoms with Crippen molar-refractivity contribution in [2.75, 3.05) is 13.7 Å². The van der Waals surface area contributed by atoms with Gasteiger partial charge in [0.25, 0.3) is 5.91 Å². The molecule has 1 rings (SSSR count). The van der Waals surface area contributed by atoms with Crippen LogP contribution in [0.4, 0.5) is 0 Å². The van der Waals surface area contributed by atoms with Crippen LogP contribution in [0.3, 0.4) is 0 Å². The van der Waals surface area contributed by atoms with Gasteiger partial charge in [-0.3, -0.25) is 10.1 Å². The van der Waals surface area contributed by atoms with Gasteiger partial charge in [-0.2, -0.15) is 0 Å². The summed E-state index contributed by atoms with van der Waals surface area (Å²) in [5, 5.41) is 5.47. The van der Waals surface area contributed by atoms with E-state index in [9.17, 15) is 4.79 Å². The summed E-state index contributed by atoms with van der Waals surface area (Å²) in [4.78, 5) is 12.1. The second-order valence-electron chi connectivity index (χ2n) is 3.87. The number of carbonyl (C=O) groups is 1. The maximum Gasteiger partial charge on any atom is 0.252 e. The van der Waals surface area contributed by atoms with E-state index in [4.69, 9.17) is 39.5 Å². The third-order valence-electron chi connectivity index (χ3n) is 2.42. The topological polar surface area (TPSA) is 50.4 Å². The Morgan fingerprint density at radius 1 is 1.40 bits per heavy atom. The maximum absolute atomic E-state index is 12.1. The van der Waals surface area contributed by atoms with E-state index in [1.807, 2.05) is 0 Å². The van der Waals surface area contributed by atoms with Crippen LogP contribution in [0.1, 0.15) is 10.4 Å². The summed E-state index contributed by atoms with van der Waals surface area (Å²) in [6, 6.07) is 6.60. The molecule has 1 aromatic rings. The summed E-state index contributed by atoms with van der Waals surface area (Å²) < 4.78 is 3.34. The van der Waals surface area contributed by atoms with Crippen molar-refractivity contribution in [2.24, 2.45) is 0 Å². The molecule has 1 amide bonds. The van der Waals surface area contributed by atoms with Crippen LogP contribution in [-0.2, 0) is 0 Å². The summed E-state index contributed by atoms with van der Waals surface area (Å²) in [7, 11) is 1.55. The van der Waals surface area contributed by atoms with Gasteiger partial charge in [0.05, 0.1) is 7.11 Å². The highest BCUT2D eigenvalue weighted by Crippen LogP contribution is 2.29. The van der Waals surface area contributed by atoms with E-state index in [1.165, 1.54) is 0 Å². The fourth-order valence-electron chi connectivity index (χ4n) is 1.41. The van der Waals surface area contributed by atoms with E-state index < -0.39 is 9.96 Å². The zero-order valence-electron chi connectivity index (χ0n) is 10.8. The van der Waals surface area contributed by atoms with Gasteiger partial charge < -0.3 is 10.1 Å². The van der Waals surface area contributed by atoms with Gasteiger partial charge in [-0.05, 0) is 24.3 Å². The summed E-state index contributed by atoms with van der Waals surface area (Å²) >= 11 is 17.4. The number of ether oxygens (including phenoxy) is 1. The maximum atomic E-state index is 12.1. The number of halogens is 3. The lowest BCUT2D eigenvalue weighted by Crippen LogP contribution is -2.53. The molecule has 7 heteroatoms. The molecule has 1 aromatic carbocycles. The first kappa shape index (κ1) is 17.1. The average Bonchev–Trinajstić information content (AvgIpc) is 2.42. The number of benzene rings is 1. The van der Waals surface area contributed by atoms with E-state index in [1.54, 1.807) is 37.5 Å². The molecule has 0 aliphatic carbocycles. The molecule has 0 fully saturated rings. The lowest BCUT2D eigenvalue weighted by Gasteiger charge is -2.26. The molecule has 0 saturated heterocycles. The summed E-state index contributed by atoms with van der Waals surface area (Å²) in [6.45, 7) is 3.94. The van der Waals surface area contributed by atoms with E-state index in [-0.39, 0.29) is 5.91 Å². The standard InChI is InChI=1S/C13H15Cl3N2O2/c1-3-8-17-12(13(14,15)16)18-11(19)9-4-6-10(20-2)7-5-9/h3-7,12,17H,1,8H2,2H3,(H,18,19). The monoisotopic (exact) mass is 336 g/mol. The minimum absolute atomic E-state index is 0.361. The van der Waals surface area contributed by atoms with Gasteiger partial charge in [0.15, 0.2) is 0 Å². The van der Waals surface area contributed by atoms with Crippen molar-refractivity contribution in [1.82, 2.24) is 10.6 Å². The number of methoxy groups -OCH3 is 1. The normalized spacial score (nSPS) is 12.6. The lowest BCUT2D eigenvalue weighted by molar-refractivity contribution is 0.0930. The summed E-state index contributed by atoms with van der Waals surface area (Å²) in [5.74, 6) is 0.296. The minimum atomic E-state index is -1.68. The molecule has 4 nitrogen and oxygen atoms in total. The van der Waals surface area contributed by atoms with Crippen LogP contribution >= 0.6 is 34.8 Å². The van der Waals surface area contributed by atoms with Crippen molar-refractivity contribution < 1.29 is 9.53 Å². The van der Waals surface area contributed by atoms with Gasteiger partial charge in [-0.1, -0.05) is 40.9 Å². The summed E-state index contributed by atoms with van der Waals surface area (Å²) in [6.07, 6.45) is 0.767. The summed E-state index contributed by atoms with van der Waals surface area (Å²) in [5.41, 5.74) is 0.436. The highest BCUT2D eigenvalue weighted by Gasteiger charge is 2.33. The molecule has 20 heavy (non-hydrogen) atoms. The Balaban J connectivity index is 2.76. The number of nitrogens with one attached hydrogen (secondary N) is 2. The lowest BCUT2D eigenvalue weighted by atomic mass is 10.2. The molecule has 0 radical (unpaired) electrons. The molecular weight excluding hydrogens is 323 g/mol. The Morgan fingerprint density at radius 2 is 2.00 bits per heavy atom. The number of amides is 1.